The third-order valence-corrected chi connectivity index (χ3v) is 2.74. The van der Waals surface area contributed by atoms with Crippen LogP contribution in [0.1, 0.15) is 11.3 Å². The Morgan fingerprint density at radius 1 is 0.941 bits per heavy atom. The van der Waals surface area contributed by atoms with Crippen LogP contribution in [0.25, 0.3) is 10.9 Å². The largest absolute Gasteiger partial charge is 0.365 e. The highest BCUT2D eigenvalue weighted by molar-refractivity contribution is 5.77. The normalized spacial score (nSPS) is 9.76. The van der Waals surface area contributed by atoms with Crippen molar-refractivity contribution in [2.75, 3.05) is 0 Å². The number of hydrogen-bond acceptors (Lipinski definition) is 1. The lowest BCUT2D eigenvalue weighted by Crippen LogP contribution is -1.73. The van der Waals surface area contributed by atoms with Crippen molar-refractivity contribution < 1.29 is 0 Å². The molecule has 0 radical (unpaired) electrons. The first kappa shape index (κ1) is 11.4. The van der Waals surface area contributed by atoms with Crippen molar-refractivity contribution in [3.63, 3.8) is 0 Å². The molecule has 2 nitrogen and oxygen atoms in total. The zero-order valence-corrected chi connectivity index (χ0v) is 10.1. The summed E-state index contributed by atoms with van der Waals surface area (Å²) in [5, 5.41) is 1.20. The molecule has 0 saturated heterocycles. The summed E-state index contributed by atoms with van der Waals surface area (Å²) in [6, 6.07) is 14.1. The quantitative estimate of drug-likeness (QED) is 0.617. The summed E-state index contributed by atoms with van der Waals surface area (Å²) in [5.41, 5.74) is 3.66. The second kappa shape index (κ2) is 5.30. The number of rotatable bonds is 0. The monoisotopic (exact) mass is 224 g/mol. The number of fused-ring (bicyclic) bond motifs is 1. The number of aromatic amines is 1. The molecule has 0 saturated carbocycles. The predicted molar refractivity (Wildman–Crippen MR) is 72.0 cm³/mol. The molecule has 0 aliphatic heterocycles. The van der Waals surface area contributed by atoms with E-state index in [9.17, 15) is 0 Å². The molecule has 17 heavy (non-hydrogen) atoms. The summed E-state index contributed by atoms with van der Waals surface area (Å²) in [5.74, 6) is 0. The SMILES string of the molecule is Cc1cc[nH]c1C.c1ccc2ncccc2c1. The number of pyridine rings is 1. The molecule has 0 bridgehead atoms. The Morgan fingerprint density at radius 2 is 1.71 bits per heavy atom. The van der Waals surface area contributed by atoms with Crippen LogP contribution >= 0.6 is 0 Å². The summed E-state index contributed by atoms with van der Waals surface area (Å²) >= 11 is 0. The molecule has 1 N–H and O–H groups in total. The Morgan fingerprint density at radius 3 is 2.29 bits per heavy atom. The fraction of sp³-hybridized carbons (Fsp3) is 0.133. The molecule has 0 atom stereocenters. The van der Waals surface area contributed by atoms with E-state index < -0.39 is 0 Å². The zero-order chi connectivity index (χ0) is 12.1. The topological polar surface area (TPSA) is 28.7 Å². The Kier molecular flexibility index (Phi) is 3.55. The van der Waals surface area contributed by atoms with E-state index in [1.807, 2.05) is 36.7 Å². The molecule has 2 heteroatoms. The van der Waals surface area contributed by atoms with Gasteiger partial charge in [0.15, 0.2) is 0 Å². The molecule has 0 aliphatic carbocycles. The minimum absolute atomic E-state index is 1.06. The average molecular weight is 224 g/mol. The molecule has 0 unspecified atom stereocenters. The highest BCUT2D eigenvalue weighted by atomic mass is 14.7. The van der Waals surface area contributed by atoms with Gasteiger partial charge in [0.05, 0.1) is 5.52 Å². The summed E-state index contributed by atoms with van der Waals surface area (Å²) in [6.45, 7) is 4.15. The van der Waals surface area contributed by atoms with Crippen LogP contribution in [0, 0.1) is 13.8 Å². The van der Waals surface area contributed by atoms with Gasteiger partial charge in [0.2, 0.25) is 0 Å². The molecule has 86 valence electrons. The van der Waals surface area contributed by atoms with Gasteiger partial charge < -0.3 is 4.98 Å². The lowest BCUT2D eigenvalue weighted by molar-refractivity contribution is 1.23. The first-order valence-electron chi connectivity index (χ1n) is 5.68. The Hall–Kier alpha value is -2.09. The van der Waals surface area contributed by atoms with E-state index in [0.29, 0.717) is 0 Å². The molecule has 0 aliphatic rings. The summed E-state index contributed by atoms with van der Waals surface area (Å²) in [6.07, 6.45) is 3.76. The van der Waals surface area contributed by atoms with Crippen molar-refractivity contribution in [1.82, 2.24) is 9.97 Å². The maximum absolute atomic E-state index is 4.18. The molecule has 3 rings (SSSR count). The van der Waals surface area contributed by atoms with Crippen LogP contribution in [0.15, 0.2) is 54.9 Å². The first-order chi connectivity index (χ1) is 8.27. The van der Waals surface area contributed by atoms with Crippen molar-refractivity contribution in [2.45, 2.75) is 13.8 Å². The number of nitrogens with zero attached hydrogens (tertiary/aromatic N) is 1. The number of aryl methyl sites for hydroxylation is 2. The first-order valence-corrected chi connectivity index (χ1v) is 5.68. The van der Waals surface area contributed by atoms with Crippen molar-refractivity contribution in [1.29, 1.82) is 0 Å². The number of H-pyrrole nitrogens is 1. The Balaban J connectivity index is 0.000000136. The van der Waals surface area contributed by atoms with Crippen LogP contribution < -0.4 is 0 Å². The molecular formula is C15H16N2. The van der Waals surface area contributed by atoms with Gasteiger partial charge in [-0.1, -0.05) is 24.3 Å². The molecule has 1 aromatic carbocycles. The van der Waals surface area contributed by atoms with E-state index >= 15 is 0 Å². The highest BCUT2D eigenvalue weighted by Gasteiger charge is 1.87. The van der Waals surface area contributed by atoms with E-state index in [0.717, 1.165) is 5.52 Å². The van der Waals surface area contributed by atoms with Gasteiger partial charge in [-0.05, 0) is 37.6 Å². The van der Waals surface area contributed by atoms with Gasteiger partial charge in [-0.3, -0.25) is 4.98 Å². The Labute approximate surface area is 101 Å². The molecular weight excluding hydrogens is 208 g/mol. The van der Waals surface area contributed by atoms with Gasteiger partial charge in [-0.25, -0.2) is 0 Å². The van der Waals surface area contributed by atoms with E-state index in [1.54, 1.807) is 0 Å². The molecule has 0 fully saturated rings. The number of benzene rings is 1. The fourth-order valence-corrected chi connectivity index (χ4v) is 1.55. The van der Waals surface area contributed by atoms with Crippen LogP contribution in [-0.2, 0) is 0 Å². The van der Waals surface area contributed by atoms with Crippen LogP contribution in [0.3, 0.4) is 0 Å². The lowest BCUT2D eigenvalue weighted by atomic mass is 10.2. The van der Waals surface area contributed by atoms with Crippen molar-refractivity contribution in [3.8, 4) is 0 Å². The van der Waals surface area contributed by atoms with Gasteiger partial charge in [0, 0.05) is 23.5 Å². The number of hydrogen-bond donors (Lipinski definition) is 1. The second-order valence-corrected chi connectivity index (χ2v) is 3.98. The van der Waals surface area contributed by atoms with Crippen LogP contribution in [0.2, 0.25) is 0 Å². The van der Waals surface area contributed by atoms with E-state index in [4.69, 9.17) is 0 Å². The third-order valence-electron chi connectivity index (χ3n) is 2.74. The third kappa shape index (κ3) is 2.94. The molecule has 2 heterocycles. The van der Waals surface area contributed by atoms with Gasteiger partial charge in [0.25, 0.3) is 0 Å². The number of aromatic nitrogens is 2. The number of nitrogens with one attached hydrogen (secondary N) is 1. The molecule has 0 spiro atoms. The minimum atomic E-state index is 1.06. The molecule has 3 aromatic rings. The maximum Gasteiger partial charge on any atom is 0.0701 e. The van der Waals surface area contributed by atoms with Crippen molar-refractivity contribution in [3.05, 3.63) is 66.1 Å². The minimum Gasteiger partial charge on any atom is -0.365 e. The highest BCUT2D eigenvalue weighted by Crippen LogP contribution is 2.07. The fourth-order valence-electron chi connectivity index (χ4n) is 1.55. The summed E-state index contributed by atoms with van der Waals surface area (Å²) in [7, 11) is 0. The van der Waals surface area contributed by atoms with Crippen LogP contribution in [0.5, 0.6) is 0 Å². The summed E-state index contributed by atoms with van der Waals surface area (Å²) < 4.78 is 0. The summed E-state index contributed by atoms with van der Waals surface area (Å²) in [4.78, 5) is 7.25. The zero-order valence-electron chi connectivity index (χ0n) is 10.1. The molecule has 2 aromatic heterocycles. The standard InChI is InChI=1S/C9H7N.C6H9N/c1-2-6-9-8(4-1)5-3-7-10-9;1-5-3-4-7-6(5)2/h1-7H;3-4,7H,1-2H3. The maximum atomic E-state index is 4.18. The number of para-hydroxylation sites is 1. The lowest BCUT2D eigenvalue weighted by Gasteiger charge is -1.91. The van der Waals surface area contributed by atoms with Gasteiger partial charge in [-0.2, -0.15) is 0 Å². The smallest absolute Gasteiger partial charge is 0.0701 e. The predicted octanol–water partition coefficient (Wildman–Crippen LogP) is 3.87. The van der Waals surface area contributed by atoms with Crippen LogP contribution in [0.4, 0.5) is 0 Å². The molecule has 0 amide bonds. The average Bonchev–Trinajstić information content (AvgIpc) is 2.75. The van der Waals surface area contributed by atoms with E-state index in [1.165, 1.54) is 16.6 Å². The second-order valence-electron chi connectivity index (χ2n) is 3.98. The van der Waals surface area contributed by atoms with Crippen molar-refractivity contribution >= 4 is 10.9 Å². The van der Waals surface area contributed by atoms with E-state index in [2.05, 4.69) is 42.0 Å². The van der Waals surface area contributed by atoms with E-state index in [-0.39, 0.29) is 0 Å². The van der Waals surface area contributed by atoms with Gasteiger partial charge >= 0.3 is 0 Å². The van der Waals surface area contributed by atoms with Crippen molar-refractivity contribution in [2.24, 2.45) is 0 Å². The van der Waals surface area contributed by atoms with Crippen LogP contribution in [-0.4, -0.2) is 9.97 Å². The van der Waals surface area contributed by atoms with Gasteiger partial charge in [0.1, 0.15) is 0 Å². The Bertz CT molecular complexity index is 514. The van der Waals surface area contributed by atoms with Gasteiger partial charge in [-0.15, -0.1) is 0 Å².